The van der Waals surface area contributed by atoms with Gasteiger partial charge in [-0.2, -0.15) is 13.2 Å². The number of likely N-dealkylation sites (N-methyl/N-ethyl adjacent to an activating group) is 1. The highest BCUT2D eigenvalue weighted by Crippen LogP contribution is 2.38. The van der Waals surface area contributed by atoms with E-state index in [4.69, 9.17) is 9.47 Å². The minimum atomic E-state index is -4.65. The fourth-order valence-corrected chi connectivity index (χ4v) is 7.44. The molecule has 260 valence electrons. The van der Waals surface area contributed by atoms with Gasteiger partial charge in [0.15, 0.2) is 6.40 Å². The lowest BCUT2D eigenvalue weighted by Gasteiger charge is -2.34. The summed E-state index contributed by atoms with van der Waals surface area (Å²) in [7, 11) is -2.02. The average Bonchev–Trinajstić information content (AvgIpc) is 3.36. The van der Waals surface area contributed by atoms with Gasteiger partial charge < -0.3 is 19.7 Å². The van der Waals surface area contributed by atoms with Crippen molar-refractivity contribution in [1.82, 2.24) is 14.5 Å². The van der Waals surface area contributed by atoms with Crippen LogP contribution in [0.3, 0.4) is 0 Å². The van der Waals surface area contributed by atoms with Gasteiger partial charge in [-0.05, 0) is 80.8 Å². The van der Waals surface area contributed by atoms with E-state index in [1.807, 2.05) is 6.92 Å². The standard InChI is InChI=1S/C33H40F3N5O6S/c1-23-20-26-7-6-24(23)10-19-48(44,45)41-14-11-32(12-15-41)31(43)38-29(39-32)25-8-9-27(33(34,35)36)28(21-25)47-17-5-3-4-13-37-22-46-18-16-40(2)30(26)42/h6-9,20-22H,3-5,10-19H2,1-2H3,(H,38,39,43). The molecule has 7 bridgehead atoms. The lowest BCUT2D eigenvalue weighted by atomic mass is 9.89. The number of amides is 2. The number of halogens is 3. The fourth-order valence-electron chi connectivity index (χ4n) is 5.96. The number of benzene rings is 2. The Morgan fingerprint density at radius 1 is 0.958 bits per heavy atom. The van der Waals surface area contributed by atoms with Crippen LogP contribution < -0.4 is 10.1 Å². The Bertz CT molecular complexity index is 1690. The molecule has 0 aromatic heterocycles. The van der Waals surface area contributed by atoms with Crippen LogP contribution >= 0.6 is 0 Å². The van der Waals surface area contributed by atoms with Crippen LogP contribution in [0.25, 0.3) is 0 Å². The molecule has 1 fully saturated rings. The molecule has 15 heteroatoms. The first kappa shape index (κ1) is 35.3. The molecular weight excluding hydrogens is 651 g/mol. The number of sulfonamides is 1. The van der Waals surface area contributed by atoms with Gasteiger partial charge in [0.2, 0.25) is 10.0 Å². The van der Waals surface area contributed by atoms with Gasteiger partial charge in [0, 0.05) is 37.8 Å². The second kappa shape index (κ2) is 14.6. The fraction of sp³-hybridized carbons (Fsp3) is 0.515. The molecule has 0 unspecified atom stereocenters. The van der Waals surface area contributed by atoms with Crippen molar-refractivity contribution >= 4 is 34.1 Å². The van der Waals surface area contributed by atoms with Crippen LogP contribution in [0.1, 0.15) is 64.7 Å². The third kappa shape index (κ3) is 8.17. The topological polar surface area (TPSA) is 130 Å². The third-order valence-electron chi connectivity index (χ3n) is 8.93. The number of nitrogens with zero attached hydrogens (tertiary/aromatic N) is 4. The number of ether oxygens (including phenoxy) is 2. The first-order valence-electron chi connectivity index (χ1n) is 16.0. The molecule has 2 aromatic rings. The van der Waals surface area contributed by atoms with Crippen LogP contribution in [0, 0.1) is 6.92 Å². The Balaban J connectivity index is 1.36. The number of carbonyl (C=O) groups is 2. The molecule has 5 heterocycles. The first-order valence-corrected chi connectivity index (χ1v) is 17.6. The van der Waals surface area contributed by atoms with E-state index in [9.17, 15) is 31.2 Å². The molecule has 48 heavy (non-hydrogen) atoms. The maximum absolute atomic E-state index is 13.8. The predicted octanol–water partition coefficient (Wildman–Crippen LogP) is 3.98. The molecule has 1 saturated heterocycles. The first-order chi connectivity index (χ1) is 22.8. The molecule has 11 nitrogen and oxygen atoms in total. The van der Waals surface area contributed by atoms with Gasteiger partial charge in [0.05, 0.1) is 24.5 Å². The second-order valence-corrected chi connectivity index (χ2v) is 14.4. The largest absolute Gasteiger partial charge is 0.493 e. The highest BCUT2D eigenvalue weighted by atomic mass is 32.2. The van der Waals surface area contributed by atoms with E-state index in [1.54, 1.807) is 25.2 Å². The van der Waals surface area contributed by atoms with Gasteiger partial charge >= 0.3 is 6.18 Å². The number of hydrogen-bond donors (Lipinski definition) is 1. The monoisotopic (exact) mass is 691 g/mol. The lowest BCUT2D eigenvalue weighted by Crippen LogP contribution is -2.50. The molecule has 1 spiro atoms. The van der Waals surface area contributed by atoms with Gasteiger partial charge in [-0.15, -0.1) is 0 Å². The van der Waals surface area contributed by atoms with Crippen LogP contribution in [-0.2, 0) is 32.2 Å². The Morgan fingerprint density at radius 3 is 2.44 bits per heavy atom. The molecule has 2 aromatic carbocycles. The van der Waals surface area contributed by atoms with Crippen molar-refractivity contribution in [3.63, 3.8) is 0 Å². The zero-order chi connectivity index (χ0) is 34.5. The maximum atomic E-state index is 13.8. The molecular formula is C33H40F3N5O6S. The summed E-state index contributed by atoms with van der Waals surface area (Å²) in [6.45, 7) is 3.05. The number of piperidine rings is 1. The summed E-state index contributed by atoms with van der Waals surface area (Å²) in [6.07, 6.45) is -0.991. The molecule has 0 atom stereocenters. The van der Waals surface area contributed by atoms with Gasteiger partial charge in [-0.25, -0.2) is 12.7 Å². The maximum Gasteiger partial charge on any atom is 0.419 e. The van der Waals surface area contributed by atoms with E-state index < -0.39 is 33.2 Å². The van der Waals surface area contributed by atoms with E-state index >= 15 is 0 Å². The molecule has 0 aliphatic carbocycles. The van der Waals surface area contributed by atoms with Crippen LogP contribution in [-0.4, -0.2) is 99.4 Å². The van der Waals surface area contributed by atoms with Gasteiger partial charge in [-0.1, -0.05) is 12.1 Å². The van der Waals surface area contributed by atoms with Crippen LogP contribution in [0.2, 0.25) is 0 Å². The van der Waals surface area contributed by atoms with Crippen LogP contribution in [0.5, 0.6) is 5.75 Å². The van der Waals surface area contributed by atoms with Crippen molar-refractivity contribution in [2.45, 2.75) is 57.2 Å². The number of rotatable bonds is 0. The van der Waals surface area contributed by atoms with E-state index in [0.717, 1.165) is 17.2 Å². The number of hydrogen-bond acceptors (Lipinski definition) is 8. The zero-order valence-electron chi connectivity index (χ0n) is 27.0. The number of nitrogens with one attached hydrogen (secondary N) is 1. The number of aliphatic imine (C=N–C) groups is 2. The number of alkyl halides is 3. The van der Waals surface area contributed by atoms with E-state index in [2.05, 4.69) is 15.3 Å². The van der Waals surface area contributed by atoms with Crippen molar-refractivity contribution in [2.75, 3.05) is 52.2 Å². The Morgan fingerprint density at radius 2 is 1.71 bits per heavy atom. The highest BCUT2D eigenvalue weighted by molar-refractivity contribution is 7.89. The Kier molecular flexibility index (Phi) is 10.8. The predicted molar refractivity (Wildman–Crippen MR) is 174 cm³/mol. The van der Waals surface area contributed by atoms with E-state index in [-0.39, 0.29) is 74.4 Å². The normalized spacial score (nSPS) is 24.5. The summed E-state index contributed by atoms with van der Waals surface area (Å²) < 4.78 is 80.4. The summed E-state index contributed by atoms with van der Waals surface area (Å²) in [5, 5.41) is 2.70. The summed E-state index contributed by atoms with van der Waals surface area (Å²) in [4.78, 5) is 36.4. The Labute approximate surface area is 278 Å². The van der Waals surface area contributed by atoms with E-state index in [1.165, 1.54) is 27.7 Å². The minimum Gasteiger partial charge on any atom is -0.493 e. The van der Waals surface area contributed by atoms with Crippen LogP contribution in [0.15, 0.2) is 46.4 Å². The van der Waals surface area contributed by atoms with Crippen molar-refractivity contribution in [1.29, 1.82) is 0 Å². The van der Waals surface area contributed by atoms with E-state index in [0.29, 0.717) is 37.9 Å². The van der Waals surface area contributed by atoms with Crippen molar-refractivity contribution in [3.05, 3.63) is 64.2 Å². The smallest absolute Gasteiger partial charge is 0.419 e. The van der Waals surface area contributed by atoms with Crippen molar-refractivity contribution < 1.29 is 40.7 Å². The number of amidine groups is 1. The summed E-state index contributed by atoms with van der Waals surface area (Å²) >= 11 is 0. The summed E-state index contributed by atoms with van der Waals surface area (Å²) in [5.41, 5.74) is 0.215. The number of fused-ring (bicyclic) bond motifs is 2. The highest BCUT2D eigenvalue weighted by Gasteiger charge is 2.47. The summed E-state index contributed by atoms with van der Waals surface area (Å²) in [6, 6.07) is 8.61. The quantitative estimate of drug-likeness (QED) is 0.445. The average molecular weight is 692 g/mol. The van der Waals surface area contributed by atoms with Gasteiger partial charge in [-0.3, -0.25) is 19.6 Å². The molecule has 5 aliphatic heterocycles. The van der Waals surface area contributed by atoms with Crippen LogP contribution in [0.4, 0.5) is 13.2 Å². The van der Waals surface area contributed by atoms with Crippen molar-refractivity contribution in [3.8, 4) is 5.75 Å². The summed E-state index contributed by atoms with van der Waals surface area (Å²) in [5.74, 6) is -0.991. The molecule has 2 amide bonds. The second-order valence-electron chi connectivity index (χ2n) is 12.3. The number of aryl methyl sites for hydroxylation is 2. The molecule has 5 aliphatic rings. The molecule has 1 N–H and O–H groups in total. The molecule has 0 saturated carbocycles. The molecule has 7 rings (SSSR count). The van der Waals surface area contributed by atoms with Gasteiger partial charge in [0.25, 0.3) is 11.8 Å². The van der Waals surface area contributed by atoms with Crippen molar-refractivity contribution in [2.24, 2.45) is 9.98 Å². The Hall–Kier alpha value is -3.98. The lowest BCUT2D eigenvalue weighted by molar-refractivity contribution is -0.139. The SMILES string of the molecule is Cc1cc2ccc1CCS(=O)(=O)N1CCC3(CC1)N=C(NC3=O)c1ccc(C(F)(F)F)c(c1)OCCCCCN=COCCN(C)C2=O. The van der Waals surface area contributed by atoms with Gasteiger partial charge in [0.1, 0.15) is 23.7 Å². The minimum absolute atomic E-state index is 0.0440. The molecule has 0 radical (unpaired) electrons. The zero-order valence-corrected chi connectivity index (χ0v) is 27.8. The third-order valence-corrected chi connectivity index (χ3v) is 10.8. The number of carbonyl (C=O) groups excluding carboxylic acids is 2.